The van der Waals surface area contributed by atoms with Crippen LogP contribution in [0.5, 0.6) is 0 Å². The van der Waals surface area contributed by atoms with Gasteiger partial charge in [-0.15, -0.1) is 0 Å². The van der Waals surface area contributed by atoms with Gasteiger partial charge in [-0.1, -0.05) is 30.3 Å². The lowest BCUT2D eigenvalue weighted by Crippen LogP contribution is -2.33. The molecule has 0 atom stereocenters. The normalized spacial score (nSPS) is 10.8. The fourth-order valence-corrected chi connectivity index (χ4v) is 2.60. The molecule has 2 heterocycles. The summed E-state index contributed by atoms with van der Waals surface area (Å²) in [5, 5.41) is 13.6. The Balaban J connectivity index is 1.70. The lowest BCUT2D eigenvalue weighted by Gasteiger charge is -2.20. The van der Waals surface area contributed by atoms with Crippen molar-refractivity contribution in [2.75, 3.05) is 13.2 Å². The van der Waals surface area contributed by atoms with E-state index in [1.54, 1.807) is 13.1 Å². The number of nitrogens with zero attached hydrogens (tertiary/aromatic N) is 4. The van der Waals surface area contributed by atoms with Crippen LogP contribution in [0.3, 0.4) is 0 Å². The summed E-state index contributed by atoms with van der Waals surface area (Å²) in [6.07, 6.45) is 4.88. The summed E-state index contributed by atoms with van der Waals surface area (Å²) in [7, 11) is 0. The third-order valence-corrected chi connectivity index (χ3v) is 3.85. The van der Waals surface area contributed by atoms with E-state index in [-0.39, 0.29) is 24.8 Å². The molecule has 0 fully saturated rings. The van der Waals surface area contributed by atoms with Crippen molar-refractivity contribution in [3.05, 3.63) is 71.7 Å². The highest BCUT2D eigenvalue weighted by Gasteiger charge is 2.21. The monoisotopic (exact) mass is 340 g/mol. The average molecular weight is 340 g/mol. The molecule has 7 heteroatoms. The standard InChI is InChI=1S/C18H20N4O3/c1-14-17(19-13-25-14)18(24)21(7-8-23)10-16-9-20-22(12-16)11-15-5-3-2-4-6-15/h2-6,9,12-13,23H,7-8,10-11H2,1H3. The van der Waals surface area contributed by atoms with Crippen LogP contribution in [0.2, 0.25) is 0 Å². The predicted octanol–water partition coefficient (Wildman–Crippen LogP) is 1.86. The Labute approximate surface area is 145 Å². The molecule has 1 aromatic carbocycles. The van der Waals surface area contributed by atoms with E-state index in [0.29, 0.717) is 18.8 Å². The molecular weight excluding hydrogens is 320 g/mol. The van der Waals surface area contributed by atoms with Gasteiger partial charge in [-0.25, -0.2) is 4.98 Å². The minimum absolute atomic E-state index is 0.124. The molecule has 2 aromatic heterocycles. The number of aryl methyl sites for hydroxylation is 1. The Morgan fingerprint density at radius 3 is 2.76 bits per heavy atom. The van der Waals surface area contributed by atoms with Gasteiger partial charge in [0.15, 0.2) is 12.1 Å². The number of oxazole rings is 1. The molecule has 0 aliphatic rings. The Bertz CT molecular complexity index is 826. The number of rotatable bonds is 7. The van der Waals surface area contributed by atoms with Gasteiger partial charge < -0.3 is 14.4 Å². The van der Waals surface area contributed by atoms with E-state index in [9.17, 15) is 9.90 Å². The third kappa shape index (κ3) is 4.13. The van der Waals surface area contributed by atoms with Gasteiger partial charge in [0.2, 0.25) is 0 Å². The molecule has 0 unspecified atom stereocenters. The van der Waals surface area contributed by atoms with Crippen LogP contribution in [0.15, 0.2) is 53.5 Å². The van der Waals surface area contributed by atoms with Gasteiger partial charge in [0, 0.05) is 24.8 Å². The molecule has 0 aliphatic carbocycles. The molecule has 0 spiro atoms. The van der Waals surface area contributed by atoms with Crippen molar-refractivity contribution in [2.24, 2.45) is 0 Å². The largest absolute Gasteiger partial charge is 0.448 e. The highest BCUT2D eigenvalue weighted by Crippen LogP contribution is 2.12. The van der Waals surface area contributed by atoms with Crippen LogP contribution in [0.4, 0.5) is 0 Å². The smallest absolute Gasteiger partial charge is 0.276 e. The molecule has 0 radical (unpaired) electrons. The number of aromatic nitrogens is 3. The van der Waals surface area contributed by atoms with Crippen LogP contribution in [0.25, 0.3) is 0 Å². The number of amides is 1. The summed E-state index contributed by atoms with van der Waals surface area (Å²) >= 11 is 0. The van der Waals surface area contributed by atoms with Gasteiger partial charge in [-0.2, -0.15) is 5.10 Å². The number of carbonyl (C=O) groups excluding carboxylic acids is 1. The zero-order chi connectivity index (χ0) is 17.6. The first-order chi connectivity index (χ1) is 12.2. The Kier molecular flexibility index (Phi) is 5.25. The molecule has 3 aromatic rings. The number of hydrogen-bond donors (Lipinski definition) is 1. The van der Waals surface area contributed by atoms with E-state index in [0.717, 1.165) is 11.1 Å². The maximum atomic E-state index is 12.6. The number of carbonyl (C=O) groups is 1. The minimum atomic E-state index is -0.267. The van der Waals surface area contributed by atoms with Gasteiger partial charge >= 0.3 is 0 Å². The fourth-order valence-electron chi connectivity index (χ4n) is 2.60. The fraction of sp³-hybridized carbons (Fsp3) is 0.278. The van der Waals surface area contributed by atoms with Crippen molar-refractivity contribution >= 4 is 5.91 Å². The molecule has 0 aliphatic heterocycles. The summed E-state index contributed by atoms with van der Waals surface area (Å²) in [5.41, 5.74) is 2.31. The van der Waals surface area contributed by atoms with Crippen molar-refractivity contribution in [1.29, 1.82) is 0 Å². The van der Waals surface area contributed by atoms with Gasteiger partial charge in [-0.3, -0.25) is 9.48 Å². The summed E-state index contributed by atoms with van der Waals surface area (Å²) in [5.74, 6) is 0.198. The number of benzene rings is 1. The van der Waals surface area contributed by atoms with Crippen LogP contribution >= 0.6 is 0 Å². The van der Waals surface area contributed by atoms with Gasteiger partial charge in [-0.05, 0) is 12.5 Å². The molecule has 7 nitrogen and oxygen atoms in total. The van der Waals surface area contributed by atoms with E-state index < -0.39 is 0 Å². The van der Waals surface area contributed by atoms with E-state index in [4.69, 9.17) is 4.42 Å². The maximum absolute atomic E-state index is 12.6. The van der Waals surface area contributed by atoms with Crippen molar-refractivity contribution in [3.63, 3.8) is 0 Å². The van der Waals surface area contributed by atoms with Crippen molar-refractivity contribution in [1.82, 2.24) is 19.7 Å². The number of aliphatic hydroxyl groups is 1. The zero-order valence-electron chi connectivity index (χ0n) is 14.0. The van der Waals surface area contributed by atoms with E-state index in [2.05, 4.69) is 10.1 Å². The molecule has 1 amide bonds. The van der Waals surface area contributed by atoms with Gasteiger partial charge in [0.1, 0.15) is 5.76 Å². The number of aliphatic hydroxyl groups excluding tert-OH is 1. The summed E-state index contributed by atoms with van der Waals surface area (Å²) in [4.78, 5) is 18.1. The molecule has 0 saturated heterocycles. The summed E-state index contributed by atoms with van der Waals surface area (Å²) in [6.45, 7) is 2.79. The van der Waals surface area contributed by atoms with Gasteiger partial charge in [0.25, 0.3) is 5.91 Å². The number of hydrogen-bond acceptors (Lipinski definition) is 5. The third-order valence-electron chi connectivity index (χ3n) is 3.85. The second-order valence-electron chi connectivity index (χ2n) is 5.74. The highest BCUT2D eigenvalue weighted by atomic mass is 16.3. The quantitative estimate of drug-likeness (QED) is 0.710. The summed E-state index contributed by atoms with van der Waals surface area (Å²) < 4.78 is 6.92. The Hall–Kier alpha value is -2.93. The maximum Gasteiger partial charge on any atom is 0.276 e. The average Bonchev–Trinajstić information content (AvgIpc) is 3.24. The lowest BCUT2D eigenvalue weighted by atomic mass is 10.2. The van der Waals surface area contributed by atoms with Crippen LogP contribution in [0, 0.1) is 6.92 Å². The topological polar surface area (TPSA) is 84.4 Å². The second-order valence-corrected chi connectivity index (χ2v) is 5.74. The second kappa shape index (κ2) is 7.76. The first-order valence-electron chi connectivity index (χ1n) is 8.03. The molecular formula is C18H20N4O3. The van der Waals surface area contributed by atoms with Crippen LogP contribution in [-0.4, -0.2) is 43.8 Å². The van der Waals surface area contributed by atoms with Crippen molar-refractivity contribution in [2.45, 2.75) is 20.0 Å². The molecule has 3 rings (SSSR count). The Morgan fingerprint density at radius 2 is 2.08 bits per heavy atom. The minimum Gasteiger partial charge on any atom is -0.448 e. The molecule has 1 N–H and O–H groups in total. The zero-order valence-corrected chi connectivity index (χ0v) is 14.0. The molecule has 0 bridgehead atoms. The van der Waals surface area contributed by atoms with Crippen LogP contribution in [0.1, 0.15) is 27.4 Å². The molecule has 0 saturated carbocycles. The van der Waals surface area contributed by atoms with E-state index in [1.807, 2.05) is 41.2 Å². The molecule has 130 valence electrons. The SMILES string of the molecule is Cc1ocnc1C(=O)N(CCO)Cc1cnn(Cc2ccccc2)c1. The first-order valence-corrected chi connectivity index (χ1v) is 8.03. The van der Waals surface area contributed by atoms with Crippen molar-refractivity contribution < 1.29 is 14.3 Å². The van der Waals surface area contributed by atoms with E-state index >= 15 is 0 Å². The molecule has 25 heavy (non-hydrogen) atoms. The predicted molar refractivity (Wildman–Crippen MR) is 90.8 cm³/mol. The highest BCUT2D eigenvalue weighted by molar-refractivity contribution is 5.93. The van der Waals surface area contributed by atoms with Crippen molar-refractivity contribution in [3.8, 4) is 0 Å². The van der Waals surface area contributed by atoms with E-state index in [1.165, 1.54) is 11.3 Å². The van der Waals surface area contributed by atoms with Gasteiger partial charge in [0.05, 0.1) is 19.3 Å². The summed E-state index contributed by atoms with van der Waals surface area (Å²) in [6, 6.07) is 10.0. The Morgan fingerprint density at radius 1 is 1.28 bits per heavy atom. The lowest BCUT2D eigenvalue weighted by molar-refractivity contribution is 0.0701. The van der Waals surface area contributed by atoms with Crippen LogP contribution in [-0.2, 0) is 13.1 Å². The first kappa shape index (κ1) is 16.9. The van der Waals surface area contributed by atoms with Crippen LogP contribution < -0.4 is 0 Å².